The average Bonchev–Trinajstić information content (AvgIpc) is 2.81. The summed E-state index contributed by atoms with van der Waals surface area (Å²) in [7, 11) is 1.44. The van der Waals surface area contributed by atoms with Crippen LogP contribution in [0.1, 0.15) is 15.8 Å². The zero-order valence-electron chi connectivity index (χ0n) is 8.61. The molecule has 1 aromatic carbocycles. The first-order chi connectivity index (χ1) is 7.72. The van der Waals surface area contributed by atoms with Crippen molar-refractivity contribution in [2.45, 2.75) is 5.38 Å². The minimum Gasteiger partial charge on any atom is -0.494 e. The molecule has 1 atom stereocenters. The number of methoxy groups -OCH3 is 1. The van der Waals surface area contributed by atoms with Crippen molar-refractivity contribution in [2.24, 2.45) is 0 Å². The van der Waals surface area contributed by atoms with Gasteiger partial charge < -0.3 is 4.74 Å². The molecule has 0 N–H and O–H groups in total. The Labute approximate surface area is 102 Å². The van der Waals surface area contributed by atoms with Crippen LogP contribution in [0.15, 0.2) is 35.7 Å². The molecule has 0 radical (unpaired) electrons. The van der Waals surface area contributed by atoms with Crippen LogP contribution in [0, 0.1) is 5.82 Å². The molecule has 2 rings (SSSR count). The Morgan fingerprint density at radius 3 is 2.75 bits per heavy atom. The molecule has 2 aromatic rings. The van der Waals surface area contributed by atoms with Crippen molar-refractivity contribution in [1.29, 1.82) is 0 Å². The smallest absolute Gasteiger partial charge is 0.165 e. The van der Waals surface area contributed by atoms with Crippen molar-refractivity contribution >= 4 is 22.9 Å². The highest BCUT2D eigenvalue weighted by Crippen LogP contribution is 2.33. The summed E-state index contributed by atoms with van der Waals surface area (Å²) in [6.07, 6.45) is 0. The van der Waals surface area contributed by atoms with Crippen LogP contribution in [0.4, 0.5) is 4.39 Å². The number of halogens is 2. The molecule has 0 aliphatic rings. The summed E-state index contributed by atoms with van der Waals surface area (Å²) in [6, 6.07) is 8.64. The summed E-state index contributed by atoms with van der Waals surface area (Å²) in [5.74, 6) is -0.152. The fraction of sp³-hybridized carbons (Fsp3) is 0.167. The molecule has 1 unspecified atom stereocenters. The van der Waals surface area contributed by atoms with E-state index in [0.29, 0.717) is 0 Å². The topological polar surface area (TPSA) is 9.23 Å². The van der Waals surface area contributed by atoms with Gasteiger partial charge in [0.25, 0.3) is 0 Å². The van der Waals surface area contributed by atoms with Gasteiger partial charge in [0, 0.05) is 4.88 Å². The number of ether oxygens (including phenoxy) is 1. The zero-order valence-corrected chi connectivity index (χ0v) is 10.2. The Hall–Kier alpha value is -1.06. The van der Waals surface area contributed by atoms with Gasteiger partial charge in [-0.2, -0.15) is 0 Å². The van der Waals surface area contributed by atoms with E-state index >= 15 is 0 Å². The Morgan fingerprint density at radius 1 is 1.38 bits per heavy atom. The van der Waals surface area contributed by atoms with E-state index in [1.54, 1.807) is 23.5 Å². The highest BCUT2D eigenvalue weighted by Gasteiger charge is 2.14. The summed E-state index contributed by atoms with van der Waals surface area (Å²) in [5.41, 5.74) is 0.738. The molecule has 1 nitrogen and oxygen atoms in total. The van der Waals surface area contributed by atoms with Gasteiger partial charge in [0.1, 0.15) is 0 Å². The van der Waals surface area contributed by atoms with Crippen molar-refractivity contribution in [1.82, 2.24) is 0 Å². The lowest BCUT2D eigenvalue weighted by atomic mass is 10.1. The Morgan fingerprint density at radius 2 is 2.19 bits per heavy atom. The second-order valence-electron chi connectivity index (χ2n) is 3.27. The van der Waals surface area contributed by atoms with Crippen molar-refractivity contribution in [2.75, 3.05) is 7.11 Å². The fourth-order valence-corrected chi connectivity index (χ4v) is 2.53. The standard InChI is InChI=1S/C12H10ClFOS/c1-15-10-5-4-8(7-9(10)14)12(13)11-3-2-6-16-11/h2-7,12H,1H3. The SMILES string of the molecule is COc1ccc(C(Cl)c2cccs2)cc1F. The average molecular weight is 257 g/mol. The quantitative estimate of drug-likeness (QED) is 0.747. The number of rotatable bonds is 3. The molecule has 0 amide bonds. The molecule has 84 valence electrons. The van der Waals surface area contributed by atoms with E-state index in [1.807, 2.05) is 17.5 Å². The van der Waals surface area contributed by atoms with E-state index in [9.17, 15) is 4.39 Å². The minimum absolute atomic E-state index is 0.235. The predicted molar refractivity (Wildman–Crippen MR) is 65.0 cm³/mol. The summed E-state index contributed by atoms with van der Waals surface area (Å²) in [5, 5.41) is 1.64. The lowest BCUT2D eigenvalue weighted by Gasteiger charge is -2.09. The third kappa shape index (κ3) is 2.20. The van der Waals surface area contributed by atoms with Crippen molar-refractivity contribution in [3.05, 3.63) is 52.0 Å². The van der Waals surface area contributed by atoms with Crippen LogP contribution < -0.4 is 4.74 Å². The van der Waals surface area contributed by atoms with E-state index in [2.05, 4.69) is 0 Å². The Balaban J connectivity index is 2.31. The normalized spacial score (nSPS) is 12.4. The number of benzene rings is 1. The molecule has 0 bridgehead atoms. The van der Waals surface area contributed by atoms with Crippen molar-refractivity contribution in [3.63, 3.8) is 0 Å². The molecule has 0 aliphatic heterocycles. The molecule has 4 heteroatoms. The van der Waals surface area contributed by atoms with Crippen LogP contribution in [0.2, 0.25) is 0 Å². The number of hydrogen-bond donors (Lipinski definition) is 0. The van der Waals surface area contributed by atoms with Gasteiger partial charge in [0.15, 0.2) is 11.6 Å². The van der Waals surface area contributed by atoms with Gasteiger partial charge in [-0.3, -0.25) is 0 Å². The van der Waals surface area contributed by atoms with Gasteiger partial charge in [-0.25, -0.2) is 4.39 Å². The maximum atomic E-state index is 13.5. The van der Waals surface area contributed by atoms with E-state index in [1.165, 1.54) is 13.2 Å². The lowest BCUT2D eigenvalue weighted by molar-refractivity contribution is 0.386. The molecule has 0 fully saturated rings. The highest BCUT2D eigenvalue weighted by atomic mass is 35.5. The molecular weight excluding hydrogens is 247 g/mol. The highest BCUT2D eigenvalue weighted by molar-refractivity contribution is 7.10. The minimum atomic E-state index is -0.387. The Bertz CT molecular complexity index is 470. The van der Waals surface area contributed by atoms with Gasteiger partial charge in [0.05, 0.1) is 12.5 Å². The van der Waals surface area contributed by atoms with Crippen LogP contribution in [-0.4, -0.2) is 7.11 Å². The van der Waals surface area contributed by atoms with Crippen LogP contribution in [0.25, 0.3) is 0 Å². The van der Waals surface area contributed by atoms with Crippen LogP contribution in [0.5, 0.6) is 5.75 Å². The molecule has 16 heavy (non-hydrogen) atoms. The first-order valence-electron chi connectivity index (χ1n) is 4.73. The van der Waals surface area contributed by atoms with E-state index in [0.717, 1.165) is 10.4 Å². The third-order valence-electron chi connectivity index (χ3n) is 2.26. The second kappa shape index (κ2) is 4.85. The molecule has 0 saturated carbocycles. The van der Waals surface area contributed by atoms with Gasteiger partial charge in [0.2, 0.25) is 0 Å². The van der Waals surface area contributed by atoms with Gasteiger partial charge in [-0.15, -0.1) is 22.9 Å². The Kier molecular flexibility index (Phi) is 3.46. The van der Waals surface area contributed by atoms with Crippen LogP contribution in [0.3, 0.4) is 0 Å². The van der Waals surface area contributed by atoms with Crippen LogP contribution >= 0.6 is 22.9 Å². The first kappa shape index (κ1) is 11.4. The molecule has 1 heterocycles. The second-order valence-corrected chi connectivity index (χ2v) is 4.69. The summed E-state index contributed by atoms with van der Waals surface area (Å²) < 4.78 is 18.3. The number of hydrogen-bond acceptors (Lipinski definition) is 2. The molecule has 0 spiro atoms. The van der Waals surface area contributed by atoms with E-state index < -0.39 is 0 Å². The van der Waals surface area contributed by atoms with Gasteiger partial charge in [-0.05, 0) is 29.1 Å². The van der Waals surface area contributed by atoms with E-state index in [-0.39, 0.29) is 16.9 Å². The van der Waals surface area contributed by atoms with Crippen molar-refractivity contribution < 1.29 is 9.13 Å². The maximum Gasteiger partial charge on any atom is 0.165 e. The number of alkyl halides is 1. The maximum absolute atomic E-state index is 13.5. The summed E-state index contributed by atoms with van der Waals surface area (Å²) >= 11 is 7.80. The van der Waals surface area contributed by atoms with Crippen LogP contribution in [-0.2, 0) is 0 Å². The van der Waals surface area contributed by atoms with Gasteiger partial charge >= 0.3 is 0 Å². The number of thiophene rings is 1. The third-order valence-corrected chi connectivity index (χ3v) is 3.82. The molecule has 1 aromatic heterocycles. The summed E-state index contributed by atoms with van der Waals surface area (Å²) in [6.45, 7) is 0. The molecular formula is C12H10ClFOS. The van der Waals surface area contributed by atoms with E-state index in [4.69, 9.17) is 16.3 Å². The van der Waals surface area contributed by atoms with Crippen molar-refractivity contribution in [3.8, 4) is 5.75 Å². The molecule has 0 aliphatic carbocycles. The fourth-order valence-electron chi connectivity index (χ4n) is 1.44. The summed E-state index contributed by atoms with van der Waals surface area (Å²) in [4.78, 5) is 1.01. The lowest BCUT2D eigenvalue weighted by Crippen LogP contribution is -1.94. The first-order valence-corrected chi connectivity index (χ1v) is 6.05. The zero-order chi connectivity index (χ0) is 11.5. The van der Waals surface area contributed by atoms with Gasteiger partial charge in [-0.1, -0.05) is 12.1 Å². The molecule has 0 saturated heterocycles. The predicted octanol–water partition coefficient (Wildman–Crippen LogP) is 4.22. The largest absolute Gasteiger partial charge is 0.494 e. The monoisotopic (exact) mass is 256 g/mol.